The smallest absolute Gasteiger partial charge is 0.159 e. The second-order valence-corrected chi connectivity index (χ2v) is 5.08. The molecule has 2 aromatic carbocycles. The van der Waals surface area contributed by atoms with Gasteiger partial charge in [0.05, 0.1) is 0 Å². The molecule has 2 unspecified atom stereocenters. The zero-order valence-corrected chi connectivity index (χ0v) is 12.1. The number of halogens is 2. The molecule has 0 aliphatic heterocycles. The summed E-state index contributed by atoms with van der Waals surface area (Å²) >= 11 is 0. The van der Waals surface area contributed by atoms with E-state index in [2.05, 4.69) is 5.32 Å². The van der Waals surface area contributed by atoms with Gasteiger partial charge in [0.15, 0.2) is 11.6 Å². The van der Waals surface area contributed by atoms with Crippen molar-refractivity contribution in [2.24, 2.45) is 0 Å². The van der Waals surface area contributed by atoms with Gasteiger partial charge in [0.25, 0.3) is 0 Å². The van der Waals surface area contributed by atoms with E-state index in [0.29, 0.717) is 5.56 Å². The van der Waals surface area contributed by atoms with Gasteiger partial charge in [0, 0.05) is 17.6 Å². The summed E-state index contributed by atoms with van der Waals surface area (Å²) in [7, 11) is 0. The first-order chi connectivity index (χ1) is 10.0. The summed E-state index contributed by atoms with van der Waals surface area (Å²) in [5.74, 6) is -1.47. The highest BCUT2D eigenvalue weighted by Crippen LogP contribution is 2.28. The molecule has 112 valence electrons. The molecule has 0 saturated heterocycles. The van der Waals surface area contributed by atoms with Crippen molar-refractivity contribution in [3.05, 3.63) is 65.2 Å². The lowest BCUT2D eigenvalue weighted by atomic mass is 10.0. The molecule has 0 heterocycles. The number of rotatable bonds is 5. The Labute approximate surface area is 123 Å². The van der Waals surface area contributed by atoms with Crippen molar-refractivity contribution in [2.75, 3.05) is 0 Å². The van der Waals surface area contributed by atoms with Gasteiger partial charge in [0.1, 0.15) is 5.75 Å². The highest BCUT2D eigenvalue weighted by atomic mass is 19.2. The van der Waals surface area contributed by atoms with E-state index in [-0.39, 0.29) is 17.8 Å². The summed E-state index contributed by atoms with van der Waals surface area (Å²) < 4.78 is 26.3. The largest absolute Gasteiger partial charge is 0.508 e. The van der Waals surface area contributed by atoms with E-state index in [9.17, 15) is 13.9 Å². The number of hydrogen-bond acceptors (Lipinski definition) is 2. The minimum absolute atomic E-state index is 0.0608. The van der Waals surface area contributed by atoms with E-state index >= 15 is 0 Å². The molecule has 2 atom stereocenters. The number of aromatic hydroxyl groups is 1. The van der Waals surface area contributed by atoms with Gasteiger partial charge in [-0.15, -0.1) is 0 Å². The van der Waals surface area contributed by atoms with Gasteiger partial charge in [-0.25, -0.2) is 8.78 Å². The average molecular weight is 291 g/mol. The maximum atomic E-state index is 13.3. The Balaban J connectivity index is 2.18. The number of nitrogens with one attached hydrogen (secondary N) is 1. The van der Waals surface area contributed by atoms with Crippen LogP contribution in [-0.2, 0) is 0 Å². The molecular formula is C17H19F2NO. The van der Waals surface area contributed by atoms with E-state index in [1.807, 2.05) is 26.0 Å². The Morgan fingerprint density at radius 1 is 1.10 bits per heavy atom. The monoisotopic (exact) mass is 291 g/mol. The molecule has 2 N–H and O–H groups in total. The lowest BCUT2D eigenvalue weighted by Gasteiger charge is -2.23. The van der Waals surface area contributed by atoms with Crippen LogP contribution in [0.3, 0.4) is 0 Å². The Hall–Kier alpha value is -1.94. The van der Waals surface area contributed by atoms with Crippen molar-refractivity contribution in [1.82, 2.24) is 5.32 Å². The van der Waals surface area contributed by atoms with Gasteiger partial charge < -0.3 is 10.4 Å². The van der Waals surface area contributed by atoms with Crippen LogP contribution >= 0.6 is 0 Å². The first-order valence-corrected chi connectivity index (χ1v) is 7.01. The van der Waals surface area contributed by atoms with Crippen molar-refractivity contribution in [2.45, 2.75) is 32.4 Å². The number of phenols is 1. The first-order valence-electron chi connectivity index (χ1n) is 7.01. The molecular weight excluding hydrogens is 272 g/mol. The maximum Gasteiger partial charge on any atom is 0.159 e. The lowest BCUT2D eigenvalue weighted by molar-refractivity contribution is 0.417. The second-order valence-electron chi connectivity index (χ2n) is 5.08. The molecule has 0 amide bonds. The molecule has 0 saturated carbocycles. The molecule has 0 fully saturated rings. The lowest BCUT2D eigenvalue weighted by Crippen LogP contribution is -2.24. The van der Waals surface area contributed by atoms with Crippen molar-refractivity contribution in [3.63, 3.8) is 0 Å². The number of para-hydroxylation sites is 1. The van der Waals surface area contributed by atoms with Gasteiger partial charge in [-0.2, -0.15) is 0 Å². The standard InChI is InChI=1S/C17H19F2NO/c1-3-16(13-6-4-5-7-17(13)21)20-11(2)12-8-9-14(18)15(19)10-12/h4-11,16,20-21H,3H2,1-2H3. The molecule has 4 heteroatoms. The molecule has 2 nitrogen and oxygen atoms in total. The molecule has 0 spiro atoms. The highest BCUT2D eigenvalue weighted by molar-refractivity contribution is 5.35. The fraction of sp³-hybridized carbons (Fsp3) is 0.294. The highest BCUT2D eigenvalue weighted by Gasteiger charge is 2.17. The Morgan fingerprint density at radius 3 is 2.43 bits per heavy atom. The van der Waals surface area contributed by atoms with E-state index in [1.54, 1.807) is 18.2 Å². The third kappa shape index (κ3) is 3.58. The van der Waals surface area contributed by atoms with Crippen molar-refractivity contribution < 1.29 is 13.9 Å². The van der Waals surface area contributed by atoms with Crippen LogP contribution in [0.5, 0.6) is 5.75 Å². The van der Waals surface area contributed by atoms with E-state index < -0.39 is 11.6 Å². The van der Waals surface area contributed by atoms with Crippen molar-refractivity contribution in [1.29, 1.82) is 0 Å². The summed E-state index contributed by atoms with van der Waals surface area (Å²) in [6.07, 6.45) is 0.769. The SMILES string of the molecule is CCC(NC(C)c1ccc(F)c(F)c1)c1ccccc1O. The minimum atomic E-state index is -0.850. The van der Waals surface area contributed by atoms with Gasteiger partial charge in [-0.3, -0.25) is 0 Å². The normalized spacial score (nSPS) is 13.9. The average Bonchev–Trinajstić information content (AvgIpc) is 2.48. The van der Waals surface area contributed by atoms with Crippen LogP contribution in [0.2, 0.25) is 0 Å². The van der Waals surface area contributed by atoms with Crippen molar-refractivity contribution >= 4 is 0 Å². The molecule has 0 aromatic heterocycles. The van der Waals surface area contributed by atoms with E-state index in [1.165, 1.54) is 6.07 Å². The minimum Gasteiger partial charge on any atom is -0.508 e. The number of hydrogen-bond donors (Lipinski definition) is 2. The summed E-state index contributed by atoms with van der Waals surface area (Å²) in [5, 5.41) is 13.3. The summed E-state index contributed by atoms with van der Waals surface area (Å²) in [6.45, 7) is 3.89. The molecule has 0 radical (unpaired) electrons. The Morgan fingerprint density at radius 2 is 1.81 bits per heavy atom. The first kappa shape index (κ1) is 15.4. The fourth-order valence-electron chi connectivity index (χ4n) is 2.39. The van der Waals surface area contributed by atoms with Gasteiger partial charge in [-0.05, 0) is 37.1 Å². The van der Waals surface area contributed by atoms with Crippen LogP contribution in [0.15, 0.2) is 42.5 Å². The van der Waals surface area contributed by atoms with Crippen LogP contribution < -0.4 is 5.32 Å². The van der Waals surface area contributed by atoms with Crippen LogP contribution in [0.25, 0.3) is 0 Å². The molecule has 2 aromatic rings. The summed E-state index contributed by atoms with van der Waals surface area (Å²) in [6, 6.07) is 10.8. The van der Waals surface area contributed by atoms with Crippen LogP contribution in [0, 0.1) is 11.6 Å². The topological polar surface area (TPSA) is 32.3 Å². The maximum absolute atomic E-state index is 13.3. The van der Waals surface area contributed by atoms with Crippen LogP contribution in [0.1, 0.15) is 43.5 Å². The summed E-state index contributed by atoms with van der Waals surface area (Å²) in [5.41, 5.74) is 1.47. The predicted molar refractivity (Wildman–Crippen MR) is 79.0 cm³/mol. The van der Waals surface area contributed by atoms with Gasteiger partial charge in [-0.1, -0.05) is 31.2 Å². The number of benzene rings is 2. The molecule has 21 heavy (non-hydrogen) atoms. The fourth-order valence-corrected chi connectivity index (χ4v) is 2.39. The predicted octanol–water partition coefficient (Wildman–Crippen LogP) is 4.47. The van der Waals surface area contributed by atoms with Crippen molar-refractivity contribution in [3.8, 4) is 5.75 Å². The zero-order valence-electron chi connectivity index (χ0n) is 12.1. The second kappa shape index (κ2) is 6.68. The Kier molecular flexibility index (Phi) is 4.91. The Bertz CT molecular complexity index is 615. The quantitative estimate of drug-likeness (QED) is 0.851. The van der Waals surface area contributed by atoms with E-state index in [0.717, 1.165) is 18.1 Å². The zero-order chi connectivity index (χ0) is 15.4. The molecule has 0 bridgehead atoms. The summed E-state index contributed by atoms with van der Waals surface area (Å²) in [4.78, 5) is 0. The van der Waals surface area contributed by atoms with Crippen LogP contribution in [-0.4, -0.2) is 5.11 Å². The molecule has 0 aliphatic rings. The van der Waals surface area contributed by atoms with Gasteiger partial charge in [0.2, 0.25) is 0 Å². The van der Waals surface area contributed by atoms with Crippen LogP contribution in [0.4, 0.5) is 8.78 Å². The third-order valence-electron chi connectivity index (χ3n) is 3.62. The van der Waals surface area contributed by atoms with Gasteiger partial charge >= 0.3 is 0 Å². The third-order valence-corrected chi connectivity index (χ3v) is 3.62. The molecule has 0 aliphatic carbocycles. The molecule has 2 rings (SSSR count). The number of phenolic OH excluding ortho intramolecular Hbond substituents is 1. The van der Waals surface area contributed by atoms with E-state index in [4.69, 9.17) is 0 Å².